The van der Waals surface area contributed by atoms with Gasteiger partial charge in [0.15, 0.2) is 0 Å². The number of carbonyl (C=O) groups is 2. The van der Waals surface area contributed by atoms with Crippen molar-refractivity contribution in [2.45, 2.75) is 38.3 Å². The maximum atomic E-state index is 12.1. The second kappa shape index (κ2) is 14.2. The van der Waals surface area contributed by atoms with Gasteiger partial charge in [0.2, 0.25) is 11.8 Å². The molecule has 3 aromatic heterocycles. The predicted molar refractivity (Wildman–Crippen MR) is 180 cm³/mol. The molecule has 1 atom stereocenters. The molecule has 2 aromatic carbocycles. The second-order valence-corrected chi connectivity index (χ2v) is 11.9. The normalized spacial score (nSPS) is 14.6. The van der Waals surface area contributed by atoms with Gasteiger partial charge >= 0.3 is 0 Å². The Morgan fingerprint density at radius 2 is 1.73 bits per heavy atom. The Morgan fingerprint density at radius 1 is 0.896 bits per heavy atom. The van der Waals surface area contributed by atoms with Crippen molar-refractivity contribution in [1.29, 1.82) is 0 Å². The smallest absolute Gasteiger partial charge is 0.223 e. The maximum absolute atomic E-state index is 12.1. The Bertz CT molecular complexity index is 1900. The van der Waals surface area contributed by atoms with E-state index in [2.05, 4.69) is 29.7 Å². The average molecular weight is 648 g/mol. The van der Waals surface area contributed by atoms with E-state index in [-0.39, 0.29) is 36.3 Å². The number of imidazole rings is 1. The van der Waals surface area contributed by atoms with E-state index in [1.807, 2.05) is 34.9 Å². The molecular formula is C35H37N9O4. The average Bonchev–Trinajstić information content (AvgIpc) is 3.43. The molecule has 0 bridgehead atoms. The standard InChI is InChI=1S/C35H37N9O4/c36-33(47)7-4-26-20-42(35-3-1-2-8-40-35)9-10-44(26)31-15-27(45)5-6-29(31)25-11-23(12-28(46)14-25)19-43-22-41-30(32(43)16-34(37)48)13-24-17-38-21-39-18-24/h1-3,5-6,8,11-12,14-15,17-18,21-22,26,45-46H,4,7,9-10,13,16,19-20H2,(H2,36,47)(H2,37,48). The summed E-state index contributed by atoms with van der Waals surface area (Å²) >= 11 is 0. The molecule has 13 heteroatoms. The summed E-state index contributed by atoms with van der Waals surface area (Å²) in [7, 11) is 0. The van der Waals surface area contributed by atoms with Crippen LogP contribution in [0, 0.1) is 0 Å². The second-order valence-electron chi connectivity index (χ2n) is 11.9. The van der Waals surface area contributed by atoms with Gasteiger partial charge in [-0.2, -0.15) is 0 Å². The van der Waals surface area contributed by atoms with Gasteiger partial charge < -0.3 is 36.0 Å². The van der Waals surface area contributed by atoms with Crippen LogP contribution in [0.2, 0.25) is 0 Å². The van der Waals surface area contributed by atoms with Crippen molar-refractivity contribution in [2.24, 2.45) is 11.5 Å². The Kier molecular flexibility index (Phi) is 9.46. The Morgan fingerprint density at radius 3 is 2.48 bits per heavy atom. The van der Waals surface area contributed by atoms with Crippen molar-refractivity contribution in [3.05, 3.63) is 108 Å². The number of hydrogen-bond acceptors (Lipinski definition) is 10. The van der Waals surface area contributed by atoms with Gasteiger partial charge in [-0.3, -0.25) is 9.59 Å². The third-order valence-corrected chi connectivity index (χ3v) is 8.47. The molecule has 1 fully saturated rings. The number of amides is 2. The third kappa shape index (κ3) is 7.52. The van der Waals surface area contributed by atoms with Gasteiger partial charge in [0.1, 0.15) is 23.6 Å². The predicted octanol–water partition coefficient (Wildman–Crippen LogP) is 2.77. The quantitative estimate of drug-likeness (QED) is 0.157. The van der Waals surface area contributed by atoms with Gasteiger partial charge in [-0.25, -0.2) is 19.9 Å². The number of pyridine rings is 1. The zero-order valence-corrected chi connectivity index (χ0v) is 26.3. The number of hydrogen-bond donors (Lipinski definition) is 4. The first kappa shape index (κ1) is 32.0. The molecule has 6 N–H and O–H groups in total. The van der Waals surface area contributed by atoms with Crippen LogP contribution >= 0.6 is 0 Å². The summed E-state index contributed by atoms with van der Waals surface area (Å²) < 4.78 is 1.86. The van der Waals surface area contributed by atoms with Crippen LogP contribution in [0.1, 0.15) is 35.4 Å². The van der Waals surface area contributed by atoms with E-state index < -0.39 is 5.91 Å². The summed E-state index contributed by atoms with van der Waals surface area (Å²) in [6, 6.07) is 16.1. The molecule has 4 heterocycles. The number of nitrogens with zero attached hydrogens (tertiary/aromatic N) is 7. The molecule has 13 nitrogen and oxygen atoms in total. The van der Waals surface area contributed by atoms with Gasteiger partial charge in [-0.05, 0) is 65.6 Å². The van der Waals surface area contributed by atoms with Crippen LogP contribution in [-0.2, 0) is 29.0 Å². The summed E-state index contributed by atoms with van der Waals surface area (Å²) in [5.41, 5.74) is 16.5. The van der Waals surface area contributed by atoms with Crippen LogP contribution < -0.4 is 21.3 Å². The fourth-order valence-electron chi connectivity index (χ4n) is 6.31. The van der Waals surface area contributed by atoms with Crippen LogP contribution in [0.5, 0.6) is 11.5 Å². The molecule has 0 saturated carbocycles. The lowest BCUT2D eigenvalue weighted by atomic mass is 9.97. The van der Waals surface area contributed by atoms with E-state index >= 15 is 0 Å². The highest BCUT2D eigenvalue weighted by atomic mass is 16.3. The Hall–Kier alpha value is -5.98. The highest BCUT2D eigenvalue weighted by molar-refractivity contribution is 5.82. The molecular weight excluding hydrogens is 610 g/mol. The zero-order chi connectivity index (χ0) is 33.6. The van der Waals surface area contributed by atoms with Crippen molar-refractivity contribution in [1.82, 2.24) is 24.5 Å². The van der Waals surface area contributed by atoms with Crippen LogP contribution in [0.25, 0.3) is 11.1 Å². The molecule has 1 unspecified atom stereocenters. The summed E-state index contributed by atoms with van der Waals surface area (Å²) in [6.07, 6.45) is 9.43. The summed E-state index contributed by atoms with van der Waals surface area (Å²) in [5.74, 6) is 0.145. The van der Waals surface area contributed by atoms with Crippen molar-refractivity contribution < 1.29 is 19.8 Å². The fraction of sp³-hybridized carbons (Fsp3) is 0.257. The van der Waals surface area contributed by atoms with E-state index in [1.54, 1.807) is 49.2 Å². The first-order valence-corrected chi connectivity index (χ1v) is 15.7. The van der Waals surface area contributed by atoms with E-state index in [0.717, 1.165) is 33.8 Å². The highest BCUT2D eigenvalue weighted by Crippen LogP contribution is 2.38. The largest absolute Gasteiger partial charge is 0.508 e. The summed E-state index contributed by atoms with van der Waals surface area (Å²) in [4.78, 5) is 45.5. The first-order chi connectivity index (χ1) is 23.2. The van der Waals surface area contributed by atoms with Crippen LogP contribution in [0.15, 0.2) is 85.8 Å². The van der Waals surface area contributed by atoms with E-state index in [9.17, 15) is 19.8 Å². The molecule has 48 heavy (non-hydrogen) atoms. The minimum Gasteiger partial charge on any atom is -0.508 e. The molecule has 1 saturated heterocycles. The van der Waals surface area contributed by atoms with Crippen molar-refractivity contribution in [2.75, 3.05) is 29.4 Å². The lowest BCUT2D eigenvalue weighted by molar-refractivity contribution is -0.118. The summed E-state index contributed by atoms with van der Waals surface area (Å²) in [6.45, 7) is 2.19. The van der Waals surface area contributed by atoms with Crippen LogP contribution in [0.4, 0.5) is 11.5 Å². The minimum atomic E-state index is -0.485. The number of phenolic OH excluding ortho intramolecular Hbond substituents is 2. The van der Waals surface area contributed by atoms with Gasteiger partial charge in [0.25, 0.3) is 0 Å². The molecule has 0 radical (unpaired) electrons. The number of piperazine rings is 1. The van der Waals surface area contributed by atoms with Crippen LogP contribution in [0.3, 0.4) is 0 Å². The number of benzene rings is 2. The molecule has 246 valence electrons. The third-order valence-electron chi connectivity index (χ3n) is 8.47. The molecule has 0 spiro atoms. The zero-order valence-electron chi connectivity index (χ0n) is 26.3. The Labute approximate surface area is 277 Å². The van der Waals surface area contributed by atoms with Gasteiger partial charge in [-0.1, -0.05) is 6.07 Å². The monoisotopic (exact) mass is 647 g/mol. The molecule has 2 amide bonds. The molecule has 1 aliphatic rings. The number of anilines is 2. The number of rotatable bonds is 12. The van der Waals surface area contributed by atoms with Gasteiger partial charge in [-0.15, -0.1) is 0 Å². The number of phenols is 2. The van der Waals surface area contributed by atoms with E-state index in [4.69, 9.17) is 11.5 Å². The van der Waals surface area contributed by atoms with E-state index in [1.165, 1.54) is 6.33 Å². The summed E-state index contributed by atoms with van der Waals surface area (Å²) in [5, 5.41) is 21.6. The fourth-order valence-corrected chi connectivity index (χ4v) is 6.31. The van der Waals surface area contributed by atoms with Crippen molar-refractivity contribution in [3.63, 3.8) is 0 Å². The van der Waals surface area contributed by atoms with Gasteiger partial charge in [0.05, 0.1) is 24.1 Å². The highest BCUT2D eigenvalue weighted by Gasteiger charge is 2.30. The maximum Gasteiger partial charge on any atom is 0.223 e. The molecule has 1 aliphatic heterocycles. The van der Waals surface area contributed by atoms with Crippen molar-refractivity contribution >= 4 is 23.3 Å². The Balaban J connectivity index is 1.32. The van der Waals surface area contributed by atoms with Crippen molar-refractivity contribution in [3.8, 4) is 22.6 Å². The topological polar surface area (TPSA) is 190 Å². The van der Waals surface area contributed by atoms with Gasteiger partial charge in [0, 0.05) is 81.0 Å². The minimum absolute atomic E-state index is 0.00597. The SMILES string of the molecule is NC(=O)CCC1CN(c2ccccn2)CCN1c1cc(O)ccc1-c1cc(O)cc(Cn2cnc(Cc3cncnc3)c2CC(N)=O)c1. The molecule has 5 aromatic rings. The van der Waals surface area contributed by atoms with Crippen LogP contribution in [-0.4, -0.2) is 72.2 Å². The first-order valence-electron chi connectivity index (χ1n) is 15.7. The number of nitrogens with two attached hydrogens (primary N) is 2. The molecule has 0 aliphatic carbocycles. The lowest BCUT2D eigenvalue weighted by Gasteiger charge is -2.44. The number of carbonyl (C=O) groups excluding carboxylic acids is 2. The van der Waals surface area contributed by atoms with E-state index in [0.29, 0.717) is 50.4 Å². The lowest BCUT2D eigenvalue weighted by Crippen LogP contribution is -2.54. The molecule has 6 rings (SSSR count). The number of aromatic hydroxyl groups is 2. The number of aromatic nitrogens is 5. The number of primary amides is 2.